The lowest BCUT2D eigenvalue weighted by Crippen LogP contribution is -2.54. The second-order valence-electron chi connectivity index (χ2n) is 9.20. The first-order valence-corrected chi connectivity index (χ1v) is 12.7. The Morgan fingerprint density at radius 2 is 1.68 bits per heavy atom. The Morgan fingerprint density at radius 1 is 1.05 bits per heavy atom. The molecule has 3 rings (SSSR count). The highest BCUT2D eigenvalue weighted by molar-refractivity contribution is 6.02. The molecular formula is C28H35N3O6. The van der Waals surface area contributed by atoms with E-state index in [-0.39, 0.29) is 13.2 Å². The van der Waals surface area contributed by atoms with Gasteiger partial charge in [0, 0.05) is 6.54 Å². The molecule has 3 atom stereocenters. The van der Waals surface area contributed by atoms with Crippen LogP contribution in [0.15, 0.2) is 60.7 Å². The number of carbonyl (C=O) groups excluding carboxylic acids is 3. The molecule has 0 aromatic heterocycles. The molecule has 3 amide bonds. The first-order chi connectivity index (χ1) is 17.8. The number of carboxylic acid groups (broad SMARTS) is 1. The minimum atomic E-state index is -1.27. The molecule has 2 aromatic rings. The number of hydrogen-bond acceptors (Lipinski definition) is 6. The Balaban J connectivity index is 1.71. The number of urea groups is 1. The molecule has 0 spiro atoms. The molecule has 1 fully saturated rings. The van der Waals surface area contributed by atoms with Crippen LogP contribution in [0.1, 0.15) is 44.2 Å². The average Bonchev–Trinajstić information content (AvgIpc) is 3.25. The third-order valence-electron chi connectivity index (χ3n) is 6.38. The monoisotopic (exact) mass is 509 g/mol. The zero-order valence-electron chi connectivity index (χ0n) is 21.3. The first-order valence-electron chi connectivity index (χ1n) is 12.7. The van der Waals surface area contributed by atoms with Gasteiger partial charge in [-0.1, -0.05) is 74.0 Å². The molecule has 1 saturated heterocycles. The van der Waals surface area contributed by atoms with Crippen LogP contribution in [0.2, 0.25) is 0 Å². The molecule has 9 nitrogen and oxygen atoms in total. The Morgan fingerprint density at radius 3 is 2.27 bits per heavy atom. The molecule has 0 unspecified atom stereocenters. The zero-order chi connectivity index (χ0) is 26.8. The number of aliphatic carboxylic acids is 1. The SMILES string of the molecule is CCCCN1C[C@@H](C(=O)O)N(C(=O)[C@H](C)N[C@@H](CCc2ccccc2)C(=O)OCc2ccccc2)C1=O. The summed E-state index contributed by atoms with van der Waals surface area (Å²) >= 11 is 0. The van der Waals surface area contributed by atoms with Crippen LogP contribution in [0.3, 0.4) is 0 Å². The number of nitrogens with zero attached hydrogens (tertiary/aromatic N) is 2. The standard InChI is InChI=1S/C28H35N3O6/c1-3-4-17-30-18-24(26(33)34)31(28(30)36)25(32)20(2)29-23(16-15-21-11-7-5-8-12-21)27(35)37-19-22-13-9-6-10-14-22/h5-14,20,23-24,29H,3-4,15-19H2,1-2H3,(H,33,34)/t20-,23-,24-/m0/s1. The fourth-order valence-corrected chi connectivity index (χ4v) is 4.26. The average molecular weight is 510 g/mol. The number of carbonyl (C=O) groups is 4. The van der Waals surface area contributed by atoms with Gasteiger partial charge >= 0.3 is 18.0 Å². The predicted octanol–water partition coefficient (Wildman–Crippen LogP) is 3.23. The van der Waals surface area contributed by atoms with Gasteiger partial charge in [0.25, 0.3) is 0 Å². The maximum absolute atomic E-state index is 13.3. The smallest absolute Gasteiger partial charge is 0.328 e. The number of unbranched alkanes of at least 4 members (excludes halogenated alkanes) is 1. The zero-order valence-corrected chi connectivity index (χ0v) is 21.3. The molecule has 1 aliphatic heterocycles. The molecule has 0 bridgehead atoms. The predicted molar refractivity (Wildman–Crippen MR) is 138 cm³/mol. The summed E-state index contributed by atoms with van der Waals surface area (Å²) in [4.78, 5) is 53.3. The van der Waals surface area contributed by atoms with Crippen molar-refractivity contribution in [3.05, 3.63) is 71.8 Å². The summed E-state index contributed by atoms with van der Waals surface area (Å²) in [5, 5.41) is 12.7. The van der Waals surface area contributed by atoms with E-state index in [9.17, 15) is 24.3 Å². The van der Waals surface area contributed by atoms with E-state index in [0.29, 0.717) is 25.8 Å². The highest BCUT2D eigenvalue weighted by Gasteiger charge is 2.46. The summed E-state index contributed by atoms with van der Waals surface area (Å²) in [6.07, 6.45) is 2.46. The van der Waals surface area contributed by atoms with Crippen molar-refractivity contribution >= 4 is 23.9 Å². The van der Waals surface area contributed by atoms with E-state index in [1.54, 1.807) is 0 Å². The van der Waals surface area contributed by atoms with Crippen molar-refractivity contribution in [2.24, 2.45) is 0 Å². The Labute approximate surface area is 217 Å². The van der Waals surface area contributed by atoms with Crippen molar-refractivity contribution in [3.8, 4) is 0 Å². The summed E-state index contributed by atoms with van der Waals surface area (Å²) in [7, 11) is 0. The number of carboxylic acids is 1. The van der Waals surface area contributed by atoms with Gasteiger partial charge < -0.3 is 14.7 Å². The topological polar surface area (TPSA) is 116 Å². The number of imide groups is 1. The number of hydrogen-bond donors (Lipinski definition) is 2. The minimum Gasteiger partial charge on any atom is -0.480 e. The van der Waals surface area contributed by atoms with E-state index in [1.807, 2.05) is 67.6 Å². The molecule has 0 aliphatic carbocycles. The quantitative estimate of drug-likeness (QED) is 0.398. The van der Waals surface area contributed by atoms with Gasteiger partial charge in [-0.3, -0.25) is 14.9 Å². The molecular weight excluding hydrogens is 474 g/mol. The highest BCUT2D eigenvalue weighted by atomic mass is 16.5. The molecule has 1 aliphatic rings. The molecule has 9 heteroatoms. The van der Waals surface area contributed by atoms with Gasteiger partial charge in [-0.25, -0.2) is 14.5 Å². The molecule has 198 valence electrons. The van der Waals surface area contributed by atoms with Crippen molar-refractivity contribution in [1.29, 1.82) is 0 Å². The van der Waals surface area contributed by atoms with E-state index in [4.69, 9.17) is 4.74 Å². The van der Waals surface area contributed by atoms with Crippen LogP contribution >= 0.6 is 0 Å². The Kier molecular flexibility index (Phi) is 10.2. The number of nitrogens with one attached hydrogen (secondary N) is 1. The number of aryl methyl sites for hydroxylation is 1. The third kappa shape index (κ3) is 7.63. The van der Waals surface area contributed by atoms with Crippen LogP contribution in [0, 0.1) is 0 Å². The van der Waals surface area contributed by atoms with Crippen molar-refractivity contribution in [2.45, 2.75) is 64.3 Å². The molecule has 2 aromatic carbocycles. The lowest BCUT2D eigenvalue weighted by Gasteiger charge is -2.26. The number of ether oxygens (including phenoxy) is 1. The fraction of sp³-hybridized carbons (Fsp3) is 0.429. The summed E-state index contributed by atoms with van der Waals surface area (Å²) in [6.45, 7) is 3.92. The molecule has 0 radical (unpaired) electrons. The lowest BCUT2D eigenvalue weighted by molar-refractivity contribution is -0.149. The van der Waals surface area contributed by atoms with Crippen molar-refractivity contribution < 1.29 is 29.0 Å². The lowest BCUT2D eigenvalue weighted by atomic mass is 10.0. The summed E-state index contributed by atoms with van der Waals surface area (Å²) in [5.41, 5.74) is 1.86. The second-order valence-corrected chi connectivity index (χ2v) is 9.20. The van der Waals surface area contributed by atoms with Crippen LogP contribution in [-0.4, -0.2) is 70.0 Å². The van der Waals surface area contributed by atoms with Gasteiger partial charge in [0.1, 0.15) is 12.6 Å². The molecule has 0 saturated carbocycles. The summed E-state index contributed by atoms with van der Waals surface area (Å²) < 4.78 is 5.53. The normalized spacial score (nSPS) is 16.9. The van der Waals surface area contributed by atoms with Gasteiger partial charge in [0.05, 0.1) is 12.6 Å². The van der Waals surface area contributed by atoms with Gasteiger partial charge in [-0.2, -0.15) is 0 Å². The highest BCUT2D eigenvalue weighted by Crippen LogP contribution is 2.19. The van der Waals surface area contributed by atoms with E-state index < -0.39 is 42.0 Å². The maximum atomic E-state index is 13.3. The number of rotatable bonds is 13. The Hall–Kier alpha value is -3.72. The van der Waals surface area contributed by atoms with Crippen LogP contribution in [-0.2, 0) is 32.1 Å². The molecule has 37 heavy (non-hydrogen) atoms. The molecule has 1 heterocycles. The van der Waals surface area contributed by atoms with Gasteiger partial charge in [-0.05, 0) is 37.3 Å². The van der Waals surface area contributed by atoms with Crippen LogP contribution < -0.4 is 5.32 Å². The number of benzene rings is 2. The van der Waals surface area contributed by atoms with Crippen molar-refractivity contribution in [3.63, 3.8) is 0 Å². The van der Waals surface area contributed by atoms with Gasteiger partial charge in [0.2, 0.25) is 5.91 Å². The van der Waals surface area contributed by atoms with Crippen LogP contribution in [0.5, 0.6) is 0 Å². The summed E-state index contributed by atoms with van der Waals surface area (Å²) in [5.74, 6) is -2.45. The number of amides is 3. The van der Waals surface area contributed by atoms with E-state index in [2.05, 4.69) is 5.32 Å². The maximum Gasteiger partial charge on any atom is 0.328 e. The summed E-state index contributed by atoms with van der Waals surface area (Å²) in [6, 6.07) is 15.2. The second kappa shape index (κ2) is 13.5. The molecule has 2 N–H and O–H groups in total. The minimum absolute atomic E-state index is 0.0524. The first kappa shape index (κ1) is 27.9. The van der Waals surface area contributed by atoms with Crippen molar-refractivity contribution in [1.82, 2.24) is 15.1 Å². The van der Waals surface area contributed by atoms with Gasteiger partial charge in [-0.15, -0.1) is 0 Å². The Bertz CT molecular complexity index is 1060. The third-order valence-corrected chi connectivity index (χ3v) is 6.38. The number of esters is 1. The fourth-order valence-electron chi connectivity index (χ4n) is 4.26. The van der Waals surface area contributed by atoms with E-state index in [1.165, 1.54) is 11.8 Å². The van der Waals surface area contributed by atoms with Crippen molar-refractivity contribution in [2.75, 3.05) is 13.1 Å². The van der Waals surface area contributed by atoms with Gasteiger partial charge in [0.15, 0.2) is 6.04 Å². The van der Waals surface area contributed by atoms with Crippen LogP contribution in [0.25, 0.3) is 0 Å². The van der Waals surface area contributed by atoms with E-state index in [0.717, 1.165) is 22.4 Å². The van der Waals surface area contributed by atoms with E-state index >= 15 is 0 Å². The largest absolute Gasteiger partial charge is 0.480 e. The van der Waals surface area contributed by atoms with Crippen LogP contribution in [0.4, 0.5) is 4.79 Å².